The van der Waals surface area contributed by atoms with Gasteiger partial charge in [0.05, 0.1) is 0 Å². The highest BCUT2D eigenvalue weighted by Gasteiger charge is 2.21. The highest BCUT2D eigenvalue weighted by atomic mass is 16.5. The topological polar surface area (TPSA) is 41.6 Å². The Bertz CT molecular complexity index is 191. The zero-order valence-electron chi connectivity index (χ0n) is 9.79. The van der Waals surface area contributed by atoms with E-state index in [1.54, 1.807) is 7.11 Å². The van der Waals surface area contributed by atoms with Crippen molar-refractivity contribution in [3.63, 3.8) is 0 Å². The summed E-state index contributed by atoms with van der Waals surface area (Å²) in [4.78, 5) is 13.7. The molecule has 1 saturated heterocycles. The summed E-state index contributed by atoms with van der Waals surface area (Å²) in [5, 5.41) is 3.30. The van der Waals surface area contributed by atoms with E-state index in [0.717, 1.165) is 32.4 Å². The van der Waals surface area contributed by atoms with Crippen LogP contribution < -0.4 is 5.32 Å². The van der Waals surface area contributed by atoms with Crippen LogP contribution in [-0.2, 0) is 9.53 Å². The highest BCUT2D eigenvalue weighted by molar-refractivity contribution is 5.76. The van der Waals surface area contributed by atoms with E-state index in [1.165, 1.54) is 0 Å². The van der Waals surface area contributed by atoms with Gasteiger partial charge in [-0.1, -0.05) is 0 Å². The molecule has 0 unspecified atom stereocenters. The summed E-state index contributed by atoms with van der Waals surface area (Å²) < 4.78 is 4.94. The van der Waals surface area contributed by atoms with Gasteiger partial charge in [0.25, 0.3) is 0 Å². The number of ether oxygens (including phenoxy) is 1. The lowest BCUT2D eigenvalue weighted by atomic mass is 10.0. The quantitative estimate of drug-likeness (QED) is 0.682. The number of carbonyl (C=O) groups excluding carboxylic acids is 1. The molecule has 0 bridgehead atoms. The molecule has 0 atom stereocenters. The molecule has 0 spiro atoms. The van der Waals surface area contributed by atoms with Gasteiger partial charge in [-0.3, -0.25) is 4.79 Å². The average molecular weight is 214 g/mol. The summed E-state index contributed by atoms with van der Waals surface area (Å²) in [6.45, 7) is 2.73. The monoisotopic (exact) mass is 214 g/mol. The Morgan fingerprint density at radius 1 is 1.47 bits per heavy atom. The van der Waals surface area contributed by atoms with Crippen LogP contribution in [0.4, 0.5) is 0 Å². The van der Waals surface area contributed by atoms with Crippen molar-refractivity contribution in [3.05, 3.63) is 0 Å². The molecule has 1 fully saturated rings. The summed E-state index contributed by atoms with van der Waals surface area (Å²) in [7, 11) is 3.59. The first-order chi connectivity index (χ1) is 7.25. The van der Waals surface area contributed by atoms with Gasteiger partial charge < -0.3 is 15.0 Å². The zero-order valence-corrected chi connectivity index (χ0v) is 9.79. The van der Waals surface area contributed by atoms with Gasteiger partial charge in [-0.25, -0.2) is 0 Å². The fraction of sp³-hybridized carbons (Fsp3) is 0.909. The van der Waals surface area contributed by atoms with E-state index in [2.05, 4.69) is 5.32 Å². The summed E-state index contributed by atoms with van der Waals surface area (Å²) >= 11 is 0. The molecule has 1 heterocycles. The second kappa shape index (κ2) is 6.80. The van der Waals surface area contributed by atoms with Crippen LogP contribution >= 0.6 is 0 Å². The number of nitrogens with zero attached hydrogens (tertiary/aromatic N) is 1. The van der Waals surface area contributed by atoms with Crippen molar-refractivity contribution in [2.45, 2.75) is 31.7 Å². The Balaban J connectivity index is 2.24. The molecular formula is C11H22N2O2. The summed E-state index contributed by atoms with van der Waals surface area (Å²) in [6.07, 6.45) is 3.58. The number of amides is 1. The number of hydrogen-bond acceptors (Lipinski definition) is 3. The van der Waals surface area contributed by atoms with Gasteiger partial charge in [0.2, 0.25) is 5.91 Å². The van der Waals surface area contributed by atoms with Gasteiger partial charge in [0.1, 0.15) is 0 Å². The van der Waals surface area contributed by atoms with Crippen molar-refractivity contribution >= 4 is 5.91 Å². The first kappa shape index (κ1) is 12.5. The third-order valence-corrected chi connectivity index (χ3v) is 2.99. The predicted molar refractivity (Wildman–Crippen MR) is 59.8 cm³/mol. The molecule has 0 aromatic heterocycles. The van der Waals surface area contributed by atoms with E-state index in [1.807, 2.05) is 11.9 Å². The molecule has 88 valence electrons. The minimum absolute atomic E-state index is 0.249. The molecular weight excluding hydrogens is 192 g/mol. The molecule has 4 heteroatoms. The molecule has 0 aromatic carbocycles. The van der Waals surface area contributed by atoms with E-state index >= 15 is 0 Å². The van der Waals surface area contributed by atoms with Crippen LogP contribution in [0.3, 0.4) is 0 Å². The molecule has 0 saturated carbocycles. The average Bonchev–Trinajstić information content (AvgIpc) is 2.29. The number of nitrogens with one attached hydrogen (secondary N) is 1. The van der Waals surface area contributed by atoms with Crippen molar-refractivity contribution in [2.24, 2.45) is 0 Å². The molecule has 1 N–H and O–H groups in total. The van der Waals surface area contributed by atoms with E-state index in [0.29, 0.717) is 19.1 Å². The van der Waals surface area contributed by atoms with Gasteiger partial charge in [-0.15, -0.1) is 0 Å². The number of carbonyl (C=O) groups is 1. The maximum Gasteiger partial charge on any atom is 0.222 e. The van der Waals surface area contributed by atoms with Gasteiger partial charge in [0, 0.05) is 33.2 Å². The predicted octanol–water partition coefficient (Wildman–Crippen LogP) is 0.623. The van der Waals surface area contributed by atoms with Crippen LogP contribution in [0.25, 0.3) is 0 Å². The largest absolute Gasteiger partial charge is 0.385 e. The number of methoxy groups -OCH3 is 1. The molecule has 1 rings (SSSR count). The van der Waals surface area contributed by atoms with Gasteiger partial charge >= 0.3 is 0 Å². The molecule has 1 aliphatic heterocycles. The number of piperidine rings is 1. The molecule has 0 aliphatic carbocycles. The minimum Gasteiger partial charge on any atom is -0.385 e. The maximum absolute atomic E-state index is 11.8. The van der Waals surface area contributed by atoms with E-state index in [4.69, 9.17) is 4.74 Å². The first-order valence-corrected chi connectivity index (χ1v) is 5.71. The number of rotatable bonds is 5. The Labute approximate surface area is 92.0 Å². The Hall–Kier alpha value is -0.610. The Morgan fingerprint density at radius 3 is 2.73 bits per heavy atom. The van der Waals surface area contributed by atoms with Crippen LogP contribution in [0.2, 0.25) is 0 Å². The Morgan fingerprint density at radius 2 is 2.13 bits per heavy atom. The fourth-order valence-corrected chi connectivity index (χ4v) is 1.94. The smallest absolute Gasteiger partial charge is 0.222 e. The summed E-state index contributed by atoms with van der Waals surface area (Å²) in [6, 6.07) is 0.432. The Kier molecular flexibility index (Phi) is 5.65. The highest BCUT2D eigenvalue weighted by Crippen LogP contribution is 2.11. The van der Waals surface area contributed by atoms with E-state index < -0.39 is 0 Å². The van der Waals surface area contributed by atoms with Crippen molar-refractivity contribution in [2.75, 3.05) is 33.9 Å². The normalized spacial score (nSPS) is 17.7. The van der Waals surface area contributed by atoms with Crippen LogP contribution in [-0.4, -0.2) is 50.7 Å². The van der Waals surface area contributed by atoms with Gasteiger partial charge in [-0.05, 0) is 32.4 Å². The van der Waals surface area contributed by atoms with Crippen molar-refractivity contribution in [1.82, 2.24) is 10.2 Å². The summed E-state index contributed by atoms with van der Waals surface area (Å²) in [5.74, 6) is 0.249. The molecule has 0 aromatic rings. The SMILES string of the molecule is COCCCC(=O)N(C)C1CCNCC1. The second-order valence-electron chi connectivity index (χ2n) is 4.08. The molecule has 1 amide bonds. The fourth-order valence-electron chi connectivity index (χ4n) is 1.94. The standard InChI is InChI=1S/C11H22N2O2/c1-13(10-5-7-12-8-6-10)11(14)4-3-9-15-2/h10,12H,3-9H2,1-2H3. The zero-order chi connectivity index (χ0) is 11.1. The van der Waals surface area contributed by atoms with Crippen LogP contribution in [0, 0.1) is 0 Å². The second-order valence-corrected chi connectivity index (χ2v) is 4.08. The maximum atomic E-state index is 11.8. The van der Waals surface area contributed by atoms with Gasteiger partial charge in [0.15, 0.2) is 0 Å². The van der Waals surface area contributed by atoms with E-state index in [9.17, 15) is 4.79 Å². The van der Waals surface area contributed by atoms with Crippen LogP contribution in [0.1, 0.15) is 25.7 Å². The molecule has 15 heavy (non-hydrogen) atoms. The molecule has 1 aliphatic rings. The van der Waals surface area contributed by atoms with Crippen molar-refractivity contribution in [1.29, 1.82) is 0 Å². The lowest BCUT2D eigenvalue weighted by molar-refractivity contribution is -0.132. The third-order valence-electron chi connectivity index (χ3n) is 2.99. The lowest BCUT2D eigenvalue weighted by Gasteiger charge is -2.31. The minimum atomic E-state index is 0.249. The lowest BCUT2D eigenvalue weighted by Crippen LogP contribution is -2.43. The van der Waals surface area contributed by atoms with Crippen LogP contribution in [0.5, 0.6) is 0 Å². The molecule has 4 nitrogen and oxygen atoms in total. The first-order valence-electron chi connectivity index (χ1n) is 5.71. The third kappa shape index (κ3) is 4.18. The molecule has 0 radical (unpaired) electrons. The van der Waals surface area contributed by atoms with Crippen LogP contribution in [0.15, 0.2) is 0 Å². The van der Waals surface area contributed by atoms with Gasteiger partial charge in [-0.2, -0.15) is 0 Å². The van der Waals surface area contributed by atoms with E-state index in [-0.39, 0.29) is 5.91 Å². The van der Waals surface area contributed by atoms with Crippen molar-refractivity contribution < 1.29 is 9.53 Å². The summed E-state index contributed by atoms with van der Waals surface area (Å²) in [5.41, 5.74) is 0. The van der Waals surface area contributed by atoms with Crippen molar-refractivity contribution in [3.8, 4) is 0 Å². The number of hydrogen-bond donors (Lipinski definition) is 1.